The normalized spacial score (nSPS) is 17.5. The zero-order chi connectivity index (χ0) is 9.26. The molecule has 2 rings (SSSR count). The molecular formula is C8H9ClN2O2. The molecule has 5 heteroatoms. The Morgan fingerprint density at radius 1 is 1.54 bits per heavy atom. The quantitative estimate of drug-likeness (QED) is 0.691. The molecule has 0 aromatic carbocycles. The molecule has 1 aromatic rings. The third-order valence-electron chi connectivity index (χ3n) is 2.13. The van der Waals surface area contributed by atoms with Gasteiger partial charge in [-0.3, -0.25) is 4.79 Å². The maximum atomic E-state index is 10.7. The van der Waals surface area contributed by atoms with Gasteiger partial charge in [-0.15, -0.1) is 11.6 Å². The summed E-state index contributed by atoms with van der Waals surface area (Å²) in [6.45, 7) is 0. The minimum absolute atomic E-state index is 0.247. The molecule has 1 fully saturated rings. The molecule has 0 bridgehead atoms. The monoisotopic (exact) mass is 200 g/mol. The molecule has 0 saturated heterocycles. The van der Waals surface area contributed by atoms with Crippen molar-refractivity contribution in [2.45, 2.75) is 25.1 Å². The van der Waals surface area contributed by atoms with Gasteiger partial charge in [0.2, 0.25) is 5.89 Å². The highest BCUT2D eigenvalue weighted by molar-refractivity contribution is 6.16. The van der Waals surface area contributed by atoms with Crippen LogP contribution in [0.2, 0.25) is 0 Å². The van der Waals surface area contributed by atoms with Crippen LogP contribution in [-0.2, 0) is 17.1 Å². The van der Waals surface area contributed by atoms with Crippen molar-refractivity contribution in [2.75, 3.05) is 0 Å². The topological polar surface area (TPSA) is 56.0 Å². The molecular weight excluding hydrogens is 192 g/mol. The number of carbonyl (C=O) groups is 1. The first-order valence-corrected chi connectivity index (χ1v) is 4.70. The average Bonchev–Trinajstić information content (AvgIpc) is 2.50. The summed E-state index contributed by atoms with van der Waals surface area (Å²) in [5.74, 6) is 2.09. The minimum Gasteiger partial charge on any atom is -0.338 e. The summed E-state index contributed by atoms with van der Waals surface area (Å²) in [4.78, 5) is 14.7. The highest BCUT2D eigenvalue weighted by Crippen LogP contribution is 2.25. The Hall–Kier alpha value is -0.900. The first kappa shape index (κ1) is 8.69. The van der Waals surface area contributed by atoms with E-state index < -0.39 is 0 Å². The standard InChI is InChI=1S/C8H9ClN2O2/c9-4-8-10-7(11-13-8)3-5-1-6(12)2-5/h5H,1-4H2. The molecule has 1 aliphatic rings. The molecule has 0 radical (unpaired) electrons. The lowest BCUT2D eigenvalue weighted by Crippen LogP contribution is -2.25. The molecule has 4 nitrogen and oxygen atoms in total. The van der Waals surface area contributed by atoms with Crippen LogP contribution in [0.5, 0.6) is 0 Å². The van der Waals surface area contributed by atoms with E-state index >= 15 is 0 Å². The van der Waals surface area contributed by atoms with Crippen LogP contribution in [0.15, 0.2) is 4.52 Å². The number of hydrogen-bond acceptors (Lipinski definition) is 4. The van der Waals surface area contributed by atoms with Crippen molar-refractivity contribution in [1.29, 1.82) is 0 Å². The number of carbonyl (C=O) groups excluding carboxylic acids is 1. The summed E-state index contributed by atoms with van der Waals surface area (Å²) in [6.07, 6.45) is 2.04. The number of hydrogen-bond donors (Lipinski definition) is 0. The lowest BCUT2D eigenvalue weighted by Gasteiger charge is -2.21. The molecule has 1 heterocycles. The van der Waals surface area contributed by atoms with Crippen LogP contribution in [-0.4, -0.2) is 15.9 Å². The van der Waals surface area contributed by atoms with Crippen LogP contribution < -0.4 is 0 Å². The largest absolute Gasteiger partial charge is 0.338 e. The van der Waals surface area contributed by atoms with Crippen LogP contribution >= 0.6 is 11.6 Å². The molecule has 0 amide bonds. The fraction of sp³-hybridized carbons (Fsp3) is 0.625. The summed E-state index contributed by atoms with van der Waals surface area (Å²) in [6, 6.07) is 0. The number of Topliss-reactive ketones (excluding diaryl/α,β-unsaturated/α-hetero) is 1. The van der Waals surface area contributed by atoms with Crippen molar-refractivity contribution in [2.24, 2.45) is 5.92 Å². The summed E-state index contributed by atoms with van der Waals surface area (Å²) >= 11 is 5.50. The van der Waals surface area contributed by atoms with Gasteiger partial charge in [-0.2, -0.15) is 4.98 Å². The van der Waals surface area contributed by atoms with Crippen molar-refractivity contribution in [3.05, 3.63) is 11.7 Å². The SMILES string of the molecule is O=C1CC(Cc2noc(CCl)n2)C1. The van der Waals surface area contributed by atoms with Gasteiger partial charge in [-0.25, -0.2) is 0 Å². The Kier molecular flexibility index (Phi) is 2.31. The van der Waals surface area contributed by atoms with E-state index in [2.05, 4.69) is 10.1 Å². The molecule has 13 heavy (non-hydrogen) atoms. The van der Waals surface area contributed by atoms with Gasteiger partial charge in [-0.05, 0) is 5.92 Å². The number of alkyl halides is 1. The second-order valence-corrected chi connectivity index (χ2v) is 3.52. The van der Waals surface area contributed by atoms with E-state index in [-0.39, 0.29) is 5.88 Å². The first-order valence-electron chi connectivity index (χ1n) is 4.17. The molecule has 0 atom stereocenters. The van der Waals surface area contributed by atoms with Crippen LogP contribution in [0, 0.1) is 5.92 Å². The van der Waals surface area contributed by atoms with Crippen molar-refractivity contribution < 1.29 is 9.32 Å². The zero-order valence-electron chi connectivity index (χ0n) is 6.99. The van der Waals surface area contributed by atoms with Crippen molar-refractivity contribution >= 4 is 17.4 Å². The van der Waals surface area contributed by atoms with Crippen LogP contribution in [0.4, 0.5) is 0 Å². The van der Waals surface area contributed by atoms with Gasteiger partial charge < -0.3 is 4.52 Å². The first-order chi connectivity index (χ1) is 6.28. The van der Waals surface area contributed by atoms with Crippen molar-refractivity contribution in [3.8, 4) is 0 Å². The highest BCUT2D eigenvalue weighted by Gasteiger charge is 2.27. The van der Waals surface area contributed by atoms with E-state index in [0.29, 0.717) is 36.3 Å². The zero-order valence-corrected chi connectivity index (χ0v) is 7.75. The van der Waals surface area contributed by atoms with Gasteiger partial charge in [0, 0.05) is 19.3 Å². The minimum atomic E-state index is 0.247. The molecule has 1 aliphatic carbocycles. The Morgan fingerprint density at radius 3 is 2.85 bits per heavy atom. The molecule has 1 aromatic heterocycles. The van der Waals surface area contributed by atoms with Crippen molar-refractivity contribution in [1.82, 2.24) is 10.1 Å². The van der Waals surface area contributed by atoms with Gasteiger partial charge in [0.15, 0.2) is 5.82 Å². The van der Waals surface area contributed by atoms with E-state index in [4.69, 9.17) is 16.1 Å². The second kappa shape index (κ2) is 3.46. The van der Waals surface area contributed by atoms with Gasteiger partial charge in [0.25, 0.3) is 0 Å². The number of ketones is 1. The van der Waals surface area contributed by atoms with Crippen LogP contribution in [0.3, 0.4) is 0 Å². The Morgan fingerprint density at radius 2 is 2.31 bits per heavy atom. The van der Waals surface area contributed by atoms with E-state index in [1.165, 1.54) is 0 Å². The fourth-order valence-corrected chi connectivity index (χ4v) is 1.52. The number of halogens is 1. The molecule has 70 valence electrons. The molecule has 1 saturated carbocycles. The van der Waals surface area contributed by atoms with E-state index in [9.17, 15) is 4.79 Å². The summed E-state index contributed by atoms with van der Waals surface area (Å²) in [5, 5.41) is 3.75. The summed E-state index contributed by atoms with van der Waals surface area (Å²) in [7, 11) is 0. The average molecular weight is 201 g/mol. The number of nitrogens with zero attached hydrogens (tertiary/aromatic N) is 2. The van der Waals surface area contributed by atoms with Gasteiger partial charge >= 0.3 is 0 Å². The molecule has 0 spiro atoms. The third-order valence-corrected chi connectivity index (χ3v) is 2.36. The Labute approximate surface area is 80.3 Å². The van der Waals surface area contributed by atoms with Crippen LogP contribution in [0.25, 0.3) is 0 Å². The number of rotatable bonds is 3. The third kappa shape index (κ3) is 1.88. The van der Waals surface area contributed by atoms with E-state index in [1.807, 2.05) is 0 Å². The van der Waals surface area contributed by atoms with Gasteiger partial charge in [0.1, 0.15) is 11.7 Å². The van der Waals surface area contributed by atoms with Gasteiger partial charge in [-0.1, -0.05) is 5.16 Å². The Bertz CT molecular complexity index is 316. The smallest absolute Gasteiger partial charge is 0.241 e. The van der Waals surface area contributed by atoms with Crippen molar-refractivity contribution in [3.63, 3.8) is 0 Å². The summed E-state index contributed by atoms with van der Waals surface area (Å²) in [5.41, 5.74) is 0. The molecule has 0 N–H and O–H groups in total. The predicted octanol–water partition coefficient (Wildman–Crippen LogP) is 1.33. The maximum absolute atomic E-state index is 10.7. The predicted molar refractivity (Wildman–Crippen MR) is 45.3 cm³/mol. The van der Waals surface area contributed by atoms with E-state index in [0.717, 1.165) is 6.42 Å². The lowest BCUT2D eigenvalue weighted by atomic mass is 9.81. The fourth-order valence-electron chi connectivity index (χ4n) is 1.41. The summed E-state index contributed by atoms with van der Waals surface area (Å²) < 4.78 is 4.83. The maximum Gasteiger partial charge on any atom is 0.241 e. The highest BCUT2D eigenvalue weighted by atomic mass is 35.5. The lowest BCUT2D eigenvalue weighted by molar-refractivity contribution is -0.126. The Balaban J connectivity index is 1.90. The van der Waals surface area contributed by atoms with Crippen LogP contribution in [0.1, 0.15) is 24.6 Å². The van der Waals surface area contributed by atoms with Gasteiger partial charge in [0.05, 0.1) is 0 Å². The number of aromatic nitrogens is 2. The molecule has 0 aliphatic heterocycles. The molecule has 0 unspecified atom stereocenters. The second-order valence-electron chi connectivity index (χ2n) is 3.26. The van der Waals surface area contributed by atoms with E-state index in [1.54, 1.807) is 0 Å².